The molecule has 6 nitrogen and oxygen atoms in total. The van der Waals surface area contributed by atoms with E-state index in [-0.39, 0.29) is 5.69 Å². The van der Waals surface area contributed by atoms with Crippen molar-refractivity contribution in [2.24, 2.45) is 0 Å². The van der Waals surface area contributed by atoms with Crippen molar-refractivity contribution in [2.75, 3.05) is 33.5 Å². The van der Waals surface area contributed by atoms with Crippen LogP contribution in [0.4, 0.5) is 0 Å². The molecule has 18 heavy (non-hydrogen) atoms. The van der Waals surface area contributed by atoms with Gasteiger partial charge in [0.1, 0.15) is 12.4 Å². The first-order valence-electron chi connectivity index (χ1n) is 5.63. The second kappa shape index (κ2) is 8.43. The number of carbonyl (C=O) groups is 1. The summed E-state index contributed by atoms with van der Waals surface area (Å²) in [6.45, 7) is 2.12. The molecule has 1 heterocycles. The van der Waals surface area contributed by atoms with Gasteiger partial charge in [0.25, 0.3) is 0 Å². The first-order chi connectivity index (χ1) is 8.74. The minimum absolute atomic E-state index is 0.0338. The van der Waals surface area contributed by atoms with E-state index in [1.165, 1.54) is 12.3 Å². The molecular formula is C12H17NO5. The van der Waals surface area contributed by atoms with E-state index in [9.17, 15) is 4.79 Å². The van der Waals surface area contributed by atoms with Crippen LogP contribution < -0.4 is 4.74 Å². The molecule has 1 rings (SSSR count). The van der Waals surface area contributed by atoms with Crippen LogP contribution in [0.3, 0.4) is 0 Å². The summed E-state index contributed by atoms with van der Waals surface area (Å²) in [4.78, 5) is 14.4. The standard InChI is InChI=1S/C12H17NO5/c1-16-5-2-6-17-7-8-18-10-3-4-13-11(9-10)12(14)15/h3-4,9H,2,5-8H2,1H3,(H,14,15). The van der Waals surface area contributed by atoms with Gasteiger partial charge < -0.3 is 19.3 Å². The maximum atomic E-state index is 10.7. The van der Waals surface area contributed by atoms with Crippen molar-refractivity contribution < 1.29 is 24.1 Å². The van der Waals surface area contributed by atoms with E-state index < -0.39 is 5.97 Å². The van der Waals surface area contributed by atoms with Crippen LogP contribution in [0, 0.1) is 0 Å². The van der Waals surface area contributed by atoms with Crippen LogP contribution in [0.2, 0.25) is 0 Å². The van der Waals surface area contributed by atoms with E-state index in [1.54, 1.807) is 13.2 Å². The van der Waals surface area contributed by atoms with Crippen LogP contribution in [-0.2, 0) is 9.47 Å². The highest BCUT2D eigenvalue weighted by atomic mass is 16.5. The fraction of sp³-hybridized carbons (Fsp3) is 0.500. The fourth-order valence-electron chi connectivity index (χ4n) is 1.24. The third kappa shape index (κ3) is 5.60. The molecule has 0 fully saturated rings. The van der Waals surface area contributed by atoms with Crippen LogP contribution in [0.25, 0.3) is 0 Å². The van der Waals surface area contributed by atoms with Gasteiger partial charge in [0.15, 0.2) is 5.69 Å². The summed E-state index contributed by atoms with van der Waals surface area (Å²) in [7, 11) is 1.65. The molecular weight excluding hydrogens is 238 g/mol. The molecule has 100 valence electrons. The number of ether oxygens (including phenoxy) is 3. The lowest BCUT2D eigenvalue weighted by molar-refractivity contribution is 0.0689. The zero-order chi connectivity index (χ0) is 13.2. The molecule has 0 saturated carbocycles. The molecule has 0 amide bonds. The maximum absolute atomic E-state index is 10.7. The first kappa shape index (κ1) is 14.4. The Kier molecular flexibility index (Phi) is 6.75. The average Bonchev–Trinajstić information content (AvgIpc) is 2.38. The van der Waals surface area contributed by atoms with Crippen LogP contribution in [0.1, 0.15) is 16.9 Å². The molecule has 1 N–H and O–H groups in total. The largest absolute Gasteiger partial charge is 0.491 e. The first-order valence-corrected chi connectivity index (χ1v) is 5.63. The minimum Gasteiger partial charge on any atom is -0.491 e. The molecule has 0 spiro atoms. The molecule has 0 aliphatic rings. The number of rotatable bonds is 9. The van der Waals surface area contributed by atoms with Crippen LogP contribution in [0.15, 0.2) is 18.3 Å². The van der Waals surface area contributed by atoms with Gasteiger partial charge in [0.05, 0.1) is 6.61 Å². The number of carboxylic acids is 1. The third-order valence-corrected chi connectivity index (χ3v) is 2.08. The lowest BCUT2D eigenvalue weighted by atomic mass is 10.3. The molecule has 6 heteroatoms. The van der Waals surface area contributed by atoms with Gasteiger partial charge in [0, 0.05) is 32.6 Å². The molecule has 0 aliphatic heterocycles. The number of pyridine rings is 1. The van der Waals surface area contributed by atoms with E-state index in [2.05, 4.69) is 4.98 Å². The lowest BCUT2D eigenvalue weighted by Gasteiger charge is -2.07. The predicted octanol–water partition coefficient (Wildman–Crippen LogP) is 1.21. The summed E-state index contributed by atoms with van der Waals surface area (Å²) in [5, 5.41) is 8.75. The summed E-state index contributed by atoms with van der Waals surface area (Å²) in [6, 6.07) is 2.99. The molecule has 1 aromatic rings. The van der Waals surface area contributed by atoms with Gasteiger partial charge in [-0.3, -0.25) is 0 Å². The highest BCUT2D eigenvalue weighted by Gasteiger charge is 2.05. The number of hydrogen-bond donors (Lipinski definition) is 1. The number of aromatic nitrogens is 1. The third-order valence-electron chi connectivity index (χ3n) is 2.08. The van der Waals surface area contributed by atoms with Crippen molar-refractivity contribution in [3.05, 3.63) is 24.0 Å². The molecule has 0 unspecified atom stereocenters. The molecule has 1 aromatic heterocycles. The second-order valence-electron chi connectivity index (χ2n) is 3.49. The molecule has 0 aliphatic carbocycles. The highest BCUT2D eigenvalue weighted by molar-refractivity contribution is 5.85. The molecule has 0 atom stereocenters. The number of methoxy groups -OCH3 is 1. The maximum Gasteiger partial charge on any atom is 0.354 e. The summed E-state index contributed by atoms with van der Waals surface area (Å²) < 4.78 is 15.5. The van der Waals surface area contributed by atoms with Crippen molar-refractivity contribution in [1.29, 1.82) is 0 Å². The Balaban J connectivity index is 2.19. The molecule has 0 saturated heterocycles. The van der Waals surface area contributed by atoms with Gasteiger partial charge in [-0.2, -0.15) is 0 Å². The zero-order valence-corrected chi connectivity index (χ0v) is 10.3. The monoisotopic (exact) mass is 255 g/mol. The van der Waals surface area contributed by atoms with Gasteiger partial charge >= 0.3 is 5.97 Å². The van der Waals surface area contributed by atoms with Crippen molar-refractivity contribution in [3.8, 4) is 5.75 Å². The summed E-state index contributed by atoms with van der Waals surface area (Å²) in [6.07, 6.45) is 2.24. The minimum atomic E-state index is -1.07. The molecule has 0 bridgehead atoms. The van der Waals surface area contributed by atoms with Crippen LogP contribution in [0.5, 0.6) is 5.75 Å². The van der Waals surface area contributed by atoms with Gasteiger partial charge in [-0.15, -0.1) is 0 Å². The topological polar surface area (TPSA) is 77.9 Å². The molecule has 0 radical (unpaired) electrons. The van der Waals surface area contributed by atoms with E-state index >= 15 is 0 Å². The Labute approximate surface area is 106 Å². The zero-order valence-electron chi connectivity index (χ0n) is 10.3. The Morgan fingerprint density at radius 1 is 1.33 bits per heavy atom. The normalized spacial score (nSPS) is 10.3. The summed E-state index contributed by atoms with van der Waals surface area (Å²) >= 11 is 0. The van der Waals surface area contributed by atoms with E-state index in [0.717, 1.165) is 6.42 Å². The van der Waals surface area contributed by atoms with Crippen molar-refractivity contribution >= 4 is 5.97 Å². The number of aromatic carboxylic acids is 1. The van der Waals surface area contributed by atoms with E-state index in [1.807, 2.05) is 0 Å². The van der Waals surface area contributed by atoms with Gasteiger partial charge in [0.2, 0.25) is 0 Å². The molecule has 0 aromatic carbocycles. The van der Waals surface area contributed by atoms with Crippen LogP contribution >= 0.6 is 0 Å². The van der Waals surface area contributed by atoms with Crippen LogP contribution in [-0.4, -0.2) is 49.6 Å². The quantitative estimate of drug-likeness (QED) is 0.668. The van der Waals surface area contributed by atoms with Gasteiger partial charge in [-0.1, -0.05) is 0 Å². The van der Waals surface area contributed by atoms with Crippen molar-refractivity contribution in [2.45, 2.75) is 6.42 Å². The Morgan fingerprint density at radius 2 is 2.17 bits per heavy atom. The lowest BCUT2D eigenvalue weighted by Crippen LogP contribution is -2.09. The average molecular weight is 255 g/mol. The van der Waals surface area contributed by atoms with E-state index in [0.29, 0.717) is 32.2 Å². The van der Waals surface area contributed by atoms with Crippen molar-refractivity contribution in [1.82, 2.24) is 4.98 Å². The van der Waals surface area contributed by atoms with E-state index in [4.69, 9.17) is 19.3 Å². The second-order valence-corrected chi connectivity index (χ2v) is 3.49. The fourth-order valence-corrected chi connectivity index (χ4v) is 1.24. The van der Waals surface area contributed by atoms with Crippen molar-refractivity contribution in [3.63, 3.8) is 0 Å². The number of carboxylic acid groups (broad SMARTS) is 1. The van der Waals surface area contributed by atoms with Gasteiger partial charge in [-0.05, 0) is 12.5 Å². The Hall–Kier alpha value is -1.66. The number of hydrogen-bond acceptors (Lipinski definition) is 5. The smallest absolute Gasteiger partial charge is 0.354 e. The Morgan fingerprint density at radius 3 is 2.89 bits per heavy atom. The predicted molar refractivity (Wildman–Crippen MR) is 64.0 cm³/mol. The number of nitrogens with zero attached hydrogens (tertiary/aromatic N) is 1. The van der Waals surface area contributed by atoms with Gasteiger partial charge in [-0.25, -0.2) is 9.78 Å². The SMILES string of the molecule is COCCCOCCOc1ccnc(C(=O)O)c1. The highest BCUT2D eigenvalue weighted by Crippen LogP contribution is 2.10. The summed E-state index contributed by atoms with van der Waals surface area (Å²) in [5.74, 6) is -0.598. The summed E-state index contributed by atoms with van der Waals surface area (Å²) in [5.41, 5.74) is -0.0338. The Bertz CT molecular complexity index is 369.